The smallest absolute Gasteiger partial charge is 0.319 e. The van der Waals surface area contributed by atoms with E-state index in [0.717, 1.165) is 0 Å². The van der Waals surface area contributed by atoms with Gasteiger partial charge in [0, 0.05) is 20.3 Å². The molecule has 0 N–H and O–H groups in total. The Labute approximate surface area is 91.9 Å². The minimum absolute atomic E-state index is 0.307. The highest BCUT2D eigenvalue weighted by atomic mass is 28.4. The molecule has 0 aromatic rings. The summed E-state index contributed by atoms with van der Waals surface area (Å²) in [5, 5.41) is 0. The van der Waals surface area contributed by atoms with Crippen LogP contribution in [0.5, 0.6) is 0 Å². The summed E-state index contributed by atoms with van der Waals surface area (Å²) in [5.74, 6) is 0. The summed E-state index contributed by atoms with van der Waals surface area (Å²) in [4.78, 5) is 0. The lowest BCUT2D eigenvalue weighted by atomic mass is 10.5. The maximum Gasteiger partial charge on any atom is 0.319 e. The van der Waals surface area contributed by atoms with Crippen molar-refractivity contribution in [2.24, 2.45) is 0 Å². The van der Waals surface area contributed by atoms with E-state index < -0.39 is 17.4 Å². The first-order valence-corrected chi connectivity index (χ1v) is 11.0. The molecule has 2 nitrogen and oxygen atoms in total. The SMILES string of the molecule is CC(C)O[SiH](C[Si](C)(C)C)OC(C)C. The second kappa shape index (κ2) is 6.05. The Morgan fingerprint density at radius 2 is 1.29 bits per heavy atom. The van der Waals surface area contributed by atoms with Crippen LogP contribution in [0, 0.1) is 0 Å². The molecule has 0 heterocycles. The molecule has 0 bridgehead atoms. The van der Waals surface area contributed by atoms with E-state index in [-0.39, 0.29) is 0 Å². The Hall–Kier alpha value is 0.354. The van der Waals surface area contributed by atoms with Crippen LogP contribution in [-0.4, -0.2) is 29.6 Å². The van der Waals surface area contributed by atoms with Gasteiger partial charge in [0.2, 0.25) is 0 Å². The molecule has 14 heavy (non-hydrogen) atoms. The van der Waals surface area contributed by atoms with Crippen molar-refractivity contribution in [3.63, 3.8) is 0 Å². The molecular formula is C10H26O2Si2. The van der Waals surface area contributed by atoms with Gasteiger partial charge in [-0.25, -0.2) is 0 Å². The van der Waals surface area contributed by atoms with Crippen molar-refractivity contribution in [2.75, 3.05) is 0 Å². The molecule has 0 aromatic carbocycles. The average Bonchev–Trinajstić information content (AvgIpc) is 1.77. The van der Waals surface area contributed by atoms with E-state index in [1.807, 2.05) is 0 Å². The zero-order chi connectivity index (χ0) is 11.4. The molecular weight excluding hydrogens is 208 g/mol. The Kier molecular flexibility index (Phi) is 6.20. The van der Waals surface area contributed by atoms with Gasteiger partial charge in [0.05, 0.1) is 0 Å². The minimum atomic E-state index is -1.41. The fraction of sp³-hybridized carbons (Fsp3) is 1.00. The van der Waals surface area contributed by atoms with Crippen molar-refractivity contribution in [2.45, 2.75) is 65.2 Å². The van der Waals surface area contributed by atoms with Crippen molar-refractivity contribution in [3.05, 3.63) is 0 Å². The van der Waals surface area contributed by atoms with Crippen molar-refractivity contribution in [1.82, 2.24) is 0 Å². The first-order chi connectivity index (χ1) is 6.20. The monoisotopic (exact) mass is 234 g/mol. The van der Waals surface area contributed by atoms with E-state index in [1.54, 1.807) is 0 Å². The third kappa shape index (κ3) is 8.93. The fourth-order valence-corrected chi connectivity index (χ4v) is 7.28. The quantitative estimate of drug-likeness (QED) is 0.658. The van der Waals surface area contributed by atoms with Gasteiger partial charge in [-0.1, -0.05) is 19.6 Å². The Balaban J connectivity index is 4.11. The first-order valence-electron chi connectivity index (χ1n) is 5.51. The van der Waals surface area contributed by atoms with Crippen LogP contribution in [0.3, 0.4) is 0 Å². The molecule has 0 aromatic heterocycles. The van der Waals surface area contributed by atoms with Gasteiger partial charge in [-0.2, -0.15) is 0 Å². The van der Waals surface area contributed by atoms with E-state index in [1.165, 1.54) is 5.67 Å². The van der Waals surface area contributed by atoms with Crippen molar-refractivity contribution in [1.29, 1.82) is 0 Å². The highest BCUT2D eigenvalue weighted by Gasteiger charge is 2.25. The van der Waals surface area contributed by atoms with Gasteiger partial charge in [0.1, 0.15) is 0 Å². The maximum atomic E-state index is 5.89. The Morgan fingerprint density at radius 1 is 0.929 bits per heavy atom. The Bertz CT molecular complexity index is 143. The van der Waals surface area contributed by atoms with E-state index in [0.29, 0.717) is 12.2 Å². The average molecular weight is 234 g/mol. The lowest BCUT2D eigenvalue weighted by Crippen LogP contribution is -2.37. The third-order valence-corrected chi connectivity index (χ3v) is 9.56. The number of rotatable bonds is 6. The van der Waals surface area contributed by atoms with E-state index in [9.17, 15) is 0 Å². The summed E-state index contributed by atoms with van der Waals surface area (Å²) in [6, 6.07) is 0. The lowest BCUT2D eigenvalue weighted by Gasteiger charge is -2.26. The maximum absolute atomic E-state index is 5.89. The number of hydrogen-bond acceptors (Lipinski definition) is 2. The predicted molar refractivity (Wildman–Crippen MR) is 67.7 cm³/mol. The summed E-state index contributed by atoms with van der Waals surface area (Å²) in [5.41, 5.74) is 1.21. The molecule has 0 aliphatic heterocycles. The highest BCUT2D eigenvalue weighted by Crippen LogP contribution is 2.14. The summed E-state index contributed by atoms with van der Waals surface area (Å²) in [6.45, 7) is 15.5. The van der Waals surface area contributed by atoms with Crippen LogP contribution in [-0.2, 0) is 8.85 Å². The predicted octanol–water partition coefficient (Wildman–Crippen LogP) is 2.93. The second-order valence-corrected chi connectivity index (χ2v) is 13.7. The van der Waals surface area contributed by atoms with Crippen molar-refractivity contribution < 1.29 is 8.85 Å². The van der Waals surface area contributed by atoms with Gasteiger partial charge in [-0.15, -0.1) is 0 Å². The lowest BCUT2D eigenvalue weighted by molar-refractivity contribution is 0.132. The van der Waals surface area contributed by atoms with E-state index in [2.05, 4.69) is 47.3 Å². The highest BCUT2D eigenvalue weighted by molar-refractivity contribution is 6.84. The summed E-state index contributed by atoms with van der Waals surface area (Å²) in [6.07, 6.45) is 0.614. The molecule has 0 aliphatic carbocycles. The second-order valence-electron chi connectivity index (χ2n) is 5.56. The van der Waals surface area contributed by atoms with Crippen LogP contribution >= 0.6 is 0 Å². The standard InChI is InChI=1S/C10H26O2Si2/c1-9(2)11-13(12-10(3)4)8-14(5,6)7/h9-10,13H,8H2,1-7H3. The number of hydrogen-bond donors (Lipinski definition) is 0. The minimum Gasteiger partial charge on any atom is -0.394 e. The fourth-order valence-electron chi connectivity index (χ4n) is 1.24. The van der Waals surface area contributed by atoms with Gasteiger partial charge in [0.25, 0.3) is 0 Å². The summed E-state index contributed by atoms with van der Waals surface area (Å²) < 4.78 is 11.8. The van der Waals surface area contributed by atoms with Crippen LogP contribution < -0.4 is 0 Å². The molecule has 86 valence electrons. The van der Waals surface area contributed by atoms with E-state index >= 15 is 0 Å². The summed E-state index contributed by atoms with van der Waals surface area (Å²) in [7, 11) is -2.46. The van der Waals surface area contributed by atoms with Crippen molar-refractivity contribution in [3.8, 4) is 0 Å². The first kappa shape index (κ1) is 14.4. The molecule has 0 aliphatic rings. The van der Waals surface area contributed by atoms with Crippen LogP contribution in [0.25, 0.3) is 0 Å². The third-order valence-electron chi connectivity index (χ3n) is 1.63. The molecule has 0 saturated carbocycles. The zero-order valence-corrected chi connectivity index (χ0v) is 12.9. The molecule has 0 fully saturated rings. The molecule has 0 atom stereocenters. The molecule has 4 heteroatoms. The van der Waals surface area contributed by atoms with E-state index in [4.69, 9.17) is 8.85 Å². The van der Waals surface area contributed by atoms with Gasteiger partial charge in [-0.3, -0.25) is 0 Å². The molecule has 0 spiro atoms. The Morgan fingerprint density at radius 3 is 1.50 bits per heavy atom. The van der Waals surface area contributed by atoms with Crippen LogP contribution in [0.2, 0.25) is 25.3 Å². The zero-order valence-electron chi connectivity index (χ0n) is 10.8. The normalized spacial score (nSPS) is 13.3. The van der Waals surface area contributed by atoms with Crippen molar-refractivity contribution >= 4 is 17.4 Å². The van der Waals surface area contributed by atoms with Crippen LogP contribution in [0.1, 0.15) is 27.7 Å². The molecule has 0 radical (unpaired) electrons. The topological polar surface area (TPSA) is 18.5 Å². The van der Waals surface area contributed by atoms with Crippen LogP contribution in [0.4, 0.5) is 0 Å². The molecule has 0 unspecified atom stereocenters. The molecule has 0 rings (SSSR count). The molecule has 0 amide bonds. The largest absolute Gasteiger partial charge is 0.394 e. The van der Waals surface area contributed by atoms with Gasteiger partial charge >= 0.3 is 9.28 Å². The van der Waals surface area contributed by atoms with Gasteiger partial charge in [0.15, 0.2) is 0 Å². The van der Waals surface area contributed by atoms with Gasteiger partial charge in [-0.05, 0) is 33.4 Å². The summed E-state index contributed by atoms with van der Waals surface area (Å²) >= 11 is 0. The van der Waals surface area contributed by atoms with Gasteiger partial charge < -0.3 is 8.85 Å². The molecule has 0 saturated heterocycles. The van der Waals surface area contributed by atoms with Crippen LogP contribution in [0.15, 0.2) is 0 Å².